The molecule has 2 aliphatic rings. The molecule has 2 aliphatic heterocycles. The molecule has 0 saturated carbocycles. The van der Waals surface area contributed by atoms with Gasteiger partial charge in [-0.2, -0.15) is 0 Å². The normalized spacial score (nSPS) is 29.6. The number of amides is 2. The molecule has 0 radical (unpaired) electrons. The van der Waals surface area contributed by atoms with Crippen LogP contribution >= 0.6 is 0 Å². The average Bonchev–Trinajstić information content (AvgIpc) is 2.77. The SMILES string of the molecule is CCNC(=O)N1CCN(CC2(C)CCNC2)CC1. The molecular weight excluding hydrogens is 228 g/mol. The highest BCUT2D eigenvalue weighted by molar-refractivity contribution is 5.74. The van der Waals surface area contributed by atoms with E-state index in [0.717, 1.165) is 45.8 Å². The van der Waals surface area contributed by atoms with Gasteiger partial charge in [0.2, 0.25) is 0 Å². The van der Waals surface area contributed by atoms with Gasteiger partial charge in [0.05, 0.1) is 0 Å². The van der Waals surface area contributed by atoms with Gasteiger partial charge < -0.3 is 15.5 Å². The van der Waals surface area contributed by atoms with Crippen LogP contribution in [-0.2, 0) is 0 Å². The summed E-state index contributed by atoms with van der Waals surface area (Å²) in [5.41, 5.74) is 0.424. The third kappa shape index (κ3) is 3.36. The number of carbonyl (C=O) groups excluding carboxylic acids is 1. The van der Waals surface area contributed by atoms with Crippen molar-refractivity contribution in [2.45, 2.75) is 20.3 Å². The van der Waals surface area contributed by atoms with E-state index in [4.69, 9.17) is 0 Å². The molecule has 5 nitrogen and oxygen atoms in total. The van der Waals surface area contributed by atoms with Crippen LogP contribution in [0, 0.1) is 5.41 Å². The van der Waals surface area contributed by atoms with Gasteiger partial charge >= 0.3 is 6.03 Å². The van der Waals surface area contributed by atoms with Crippen LogP contribution in [0.3, 0.4) is 0 Å². The average molecular weight is 254 g/mol. The van der Waals surface area contributed by atoms with Gasteiger partial charge in [-0.15, -0.1) is 0 Å². The monoisotopic (exact) mass is 254 g/mol. The minimum Gasteiger partial charge on any atom is -0.338 e. The summed E-state index contributed by atoms with van der Waals surface area (Å²) in [5, 5.41) is 6.31. The van der Waals surface area contributed by atoms with Gasteiger partial charge in [0, 0.05) is 45.8 Å². The van der Waals surface area contributed by atoms with Crippen molar-refractivity contribution in [2.24, 2.45) is 5.41 Å². The van der Waals surface area contributed by atoms with E-state index < -0.39 is 0 Å². The maximum atomic E-state index is 11.7. The minimum atomic E-state index is 0.0888. The summed E-state index contributed by atoms with van der Waals surface area (Å²) in [6.45, 7) is 12.2. The lowest BCUT2D eigenvalue weighted by atomic mass is 9.89. The number of hydrogen-bond donors (Lipinski definition) is 2. The Bertz CT molecular complexity index is 281. The highest BCUT2D eigenvalue weighted by Gasteiger charge is 2.32. The van der Waals surface area contributed by atoms with Crippen LogP contribution in [0.4, 0.5) is 4.79 Å². The lowest BCUT2D eigenvalue weighted by Gasteiger charge is -2.38. The summed E-state index contributed by atoms with van der Waals surface area (Å²) in [6, 6.07) is 0.0888. The maximum absolute atomic E-state index is 11.7. The Balaban J connectivity index is 1.74. The van der Waals surface area contributed by atoms with Crippen LogP contribution in [0.5, 0.6) is 0 Å². The second-order valence-electron chi connectivity index (χ2n) is 5.84. The van der Waals surface area contributed by atoms with Gasteiger partial charge in [-0.05, 0) is 25.3 Å². The fourth-order valence-electron chi connectivity index (χ4n) is 2.92. The topological polar surface area (TPSA) is 47.6 Å². The maximum Gasteiger partial charge on any atom is 0.317 e. The van der Waals surface area contributed by atoms with E-state index in [-0.39, 0.29) is 6.03 Å². The van der Waals surface area contributed by atoms with Crippen molar-refractivity contribution in [1.29, 1.82) is 0 Å². The molecule has 1 unspecified atom stereocenters. The van der Waals surface area contributed by atoms with E-state index in [0.29, 0.717) is 12.0 Å². The number of carbonyl (C=O) groups is 1. The van der Waals surface area contributed by atoms with E-state index in [1.807, 2.05) is 11.8 Å². The zero-order valence-electron chi connectivity index (χ0n) is 11.7. The van der Waals surface area contributed by atoms with E-state index in [1.165, 1.54) is 6.42 Å². The molecule has 0 bridgehead atoms. The lowest BCUT2D eigenvalue weighted by molar-refractivity contribution is 0.108. The quantitative estimate of drug-likeness (QED) is 0.763. The van der Waals surface area contributed by atoms with Crippen molar-refractivity contribution < 1.29 is 4.79 Å². The van der Waals surface area contributed by atoms with E-state index in [1.54, 1.807) is 0 Å². The third-order valence-electron chi connectivity index (χ3n) is 4.05. The number of piperazine rings is 1. The second-order valence-corrected chi connectivity index (χ2v) is 5.84. The molecule has 2 heterocycles. The van der Waals surface area contributed by atoms with Gasteiger partial charge in [-0.25, -0.2) is 4.79 Å². The number of urea groups is 1. The molecule has 2 rings (SSSR count). The van der Waals surface area contributed by atoms with E-state index in [9.17, 15) is 4.79 Å². The van der Waals surface area contributed by atoms with Crippen LogP contribution in [0.2, 0.25) is 0 Å². The first kappa shape index (κ1) is 13.6. The molecule has 2 fully saturated rings. The molecule has 104 valence electrons. The molecule has 0 aromatic rings. The Labute approximate surface area is 110 Å². The van der Waals surface area contributed by atoms with Gasteiger partial charge in [-0.1, -0.05) is 6.92 Å². The van der Waals surface area contributed by atoms with Gasteiger partial charge in [0.25, 0.3) is 0 Å². The highest BCUT2D eigenvalue weighted by atomic mass is 16.2. The van der Waals surface area contributed by atoms with Crippen LogP contribution in [-0.4, -0.2) is 68.2 Å². The number of nitrogens with zero attached hydrogens (tertiary/aromatic N) is 2. The Kier molecular flexibility index (Phi) is 4.45. The van der Waals surface area contributed by atoms with Crippen molar-refractivity contribution in [3.8, 4) is 0 Å². The molecule has 0 spiro atoms. The van der Waals surface area contributed by atoms with E-state index in [2.05, 4.69) is 22.5 Å². The minimum absolute atomic E-state index is 0.0888. The van der Waals surface area contributed by atoms with Crippen LogP contribution in [0.25, 0.3) is 0 Å². The lowest BCUT2D eigenvalue weighted by Crippen LogP contribution is -2.53. The molecule has 5 heteroatoms. The van der Waals surface area contributed by atoms with Gasteiger partial charge in [0.1, 0.15) is 0 Å². The first-order valence-electron chi connectivity index (χ1n) is 7.09. The fourth-order valence-corrected chi connectivity index (χ4v) is 2.92. The largest absolute Gasteiger partial charge is 0.338 e. The highest BCUT2D eigenvalue weighted by Crippen LogP contribution is 2.26. The van der Waals surface area contributed by atoms with Gasteiger partial charge in [-0.3, -0.25) is 4.90 Å². The molecule has 2 N–H and O–H groups in total. The summed E-state index contributed by atoms with van der Waals surface area (Å²) >= 11 is 0. The number of rotatable bonds is 3. The summed E-state index contributed by atoms with van der Waals surface area (Å²) in [7, 11) is 0. The summed E-state index contributed by atoms with van der Waals surface area (Å²) in [6.07, 6.45) is 1.27. The zero-order valence-corrected chi connectivity index (χ0v) is 11.7. The summed E-state index contributed by atoms with van der Waals surface area (Å²) in [4.78, 5) is 16.1. The molecule has 0 aromatic heterocycles. The third-order valence-corrected chi connectivity index (χ3v) is 4.05. The van der Waals surface area contributed by atoms with Crippen LogP contribution in [0.1, 0.15) is 20.3 Å². The predicted octanol–water partition coefficient (Wildman–Crippen LogP) is 0.333. The molecule has 18 heavy (non-hydrogen) atoms. The Morgan fingerprint density at radius 1 is 1.33 bits per heavy atom. The van der Waals surface area contributed by atoms with E-state index >= 15 is 0 Å². The zero-order chi connectivity index (χ0) is 13.0. The van der Waals surface area contributed by atoms with Crippen molar-refractivity contribution in [1.82, 2.24) is 20.4 Å². The predicted molar refractivity (Wildman–Crippen MR) is 72.7 cm³/mol. The molecule has 2 saturated heterocycles. The smallest absolute Gasteiger partial charge is 0.317 e. The van der Waals surface area contributed by atoms with Crippen LogP contribution < -0.4 is 10.6 Å². The van der Waals surface area contributed by atoms with Gasteiger partial charge in [0.15, 0.2) is 0 Å². The van der Waals surface area contributed by atoms with Crippen LogP contribution in [0.15, 0.2) is 0 Å². The summed E-state index contributed by atoms with van der Waals surface area (Å²) in [5.74, 6) is 0. The Morgan fingerprint density at radius 2 is 2.06 bits per heavy atom. The Morgan fingerprint density at radius 3 is 2.61 bits per heavy atom. The first-order chi connectivity index (χ1) is 8.63. The first-order valence-corrected chi connectivity index (χ1v) is 7.09. The van der Waals surface area contributed by atoms with Crippen molar-refractivity contribution >= 4 is 6.03 Å². The molecule has 2 amide bonds. The molecular formula is C13H26N4O. The molecule has 0 aliphatic carbocycles. The number of hydrogen-bond acceptors (Lipinski definition) is 3. The standard InChI is InChI=1S/C13H26N4O/c1-3-15-12(18)17-8-6-16(7-9-17)11-13(2)4-5-14-10-13/h14H,3-11H2,1-2H3,(H,15,18). The fraction of sp³-hybridized carbons (Fsp3) is 0.923. The Hall–Kier alpha value is -0.810. The molecule has 1 atom stereocenters. The summed E-state index contributed by atoms with van der Waals surface area (Å²) < 4.78 is 0. The number of nitrogens with one attached hydrogen (secondary N) is 2. The second kappa shape index (κ2) is 5.89. The molecule has 0 aromatic carbocycles. The van der Waals surface area contributed by atoms with Crippen molar-refractivity contribution in [2.75, 3.05) is 52.4 Å². The van der Waals surface area contributed by atoms with Crippen molar-refractivity contribution in [3.05, 3.63) is 0 Å². The van der Waals surface area contributed by atoms with Crippen molar-refractivity contribution in [3.63, 3.8) is 0 Å².